The van der Waals surface area contributed by atoms with Gasteiger partial charge in [0.25, 0.3) is 0 Å². The third-order valence-electron chi connectivity index (χ3n) is 3.69. The van der Waals surface area contributed by atoms with Gasteiger partial charge in [-0.2, -0.15) is 0 Å². The van der Waals surface area contributed by atoms with Crippen molar-refractivity contribution >= 4 is 0 Å². The lowest BCUT2D eigenvalue weighted by atomic mass is 9.93. The van der Waals surface area contributed by atoms with Gasteiger partial charge in [-0.15, -0.1) is 0 Å². The molecule has 0 heterocycles. The summed E-state index contributed by atoms with van der Waals surface area (Å²) in [7, 11) is 0. The monoisotopic (exact) mass is 276 g/mol. The molecule has 4 heteroatoms. The minimum absolute atomic E-state index is 0.0522. The first kappa shape index (κ1) is 14.6. The highest BCUT2D eigenvalue weighted by Gasteiger charge is 2.18. The molecule has 2 aromatic carbocycles. The van der Waals surface area contributed by atoms with Crippen LogP contribution in [-0.4, -0.2) is 0 Å². The van der Waals surface area contributed by atoms with Crippen LogP contribution in [-0.2, 0) is 6.42 Å². The van der Waals surface area contributed by atoms with E-state index in [1.165, 1.54) is 18.2 Å². The van der Waals surface area contributed by atoms with Crippen LogP contribution >= 0.6 is 0 Å². The topological polar surface area (TPSA) is 38.0 Å². The molecule has 0 aliphatic carbocycles. The predicted octanol–water partition coefficient (Wildman–Crippen LogP) is 3.33. The molecule has 3 N–H and O–H groups in total. The van der Waals surface area contributed by atoms with Crippen molar-refractivity contribution in [3.05, 3.63) is 70.3 Å². The summed E-state index contributed by atoms with van der Waals surface area (Å²) in [6.07, 6.45) is 0.166. The van der Waals surface area contributed by atoms with Crippen LogP contribution in [0.3, 0.4) is 0 Å². The zero-order valence-electron chi connectivity index (χ0n) is 11.6. The fourth-order valence-corrected chi connectivity index (χ4v) is 2.34. The van der Waals surface area contributed by atoms with Crippen molar-refractivity contribution in [2.75, 3.05) is 0 Å². The maximum Gasteiger partial charge on any atom is 0.129 e. The van der Waals surface area contributed by atoms with Crippen molar-refractivity contribution < 1.29 is 8.78 Å². The molecule has 0 radical (unpaired) electrons. The fraction of sp³-hybridized carbons (Fsp3) is 0.250. The largest absolute Gasteiger partial charge is 0.271 e. The third-order valence-corrected chi connectivity index (χ3v) is 3.69. The normalized spacial score (nSPS) is 12.4. The van der Waals surface area contributed by atoms with Gasteiger partial charge in [0.15, 0.2) is 0 Å². The zero-order valence-corrected chi connectivity index (χ0v) is 11.6. The smallest absolute Gasteiger partial charge is 0.129 e. The minimum atomic E-state index is -0.546. The Morgan fingerprint density at radius 3 is 2.25 bits per heavy atom. The lowest BCUT2D eigenvalue weighted by Gasteiger charge is -2.20. The number of benzene rings is 2. The van der Waals surface area contributed by atoms with E-state index in [4.69, 9.17) is 5.84 Å². The number of rotatable bonds is 4. The Morgan fingerprint density at radius 2 is 1.65 bits per heavy atom. The van der Waals surface area contributed by atoms with E-state index in [1.807, 2.05) is 32.0 Å². The summed E-state index contributed by atoms with van der Waals surface area (Å²) >= 11 is 0. The Labute approximate surface area is 117 Å². The van der Waals surface area contributed by atoms with E-state index in [1.54, 1.807) is 0 Å². The summed E-state index contributed by atoms with van der Waals surface area (Å²) in [5, 5.41) is 0. The number of nitrogens with one attached hydrogen (secondary N) is 1. The van der Waals surface area contributed by atoms with Crippen LogP contribution in [0.5, 0.6) is 0 Å². The molecule has 1 unspecified atom stereocenters. The van der Waals surface area contributed by atoms with Crippen LogP contribution in [0, 0.1) is 25.5 Å². The van der Waals surface area contributed by atoms with Gasteiger partial charge in [0, 0.05) is 5.56 Å². The third kappa shape index (κ3) is 2.86. The van der Waals surface area contributed by atoms with E-state index < -0.39 is 11.6 Å². The average molecular weight is 276 g/mol. The molecule has 2 rings (SSSR count). The molecule has 2 aromatic rings. The molecule has 0 amide bonds. The molecule has 0 fully saturated rings. The predicted molar refractivity (Wildman–Crippen MR) is 76.0 cm³/mol. The lowest BCUT2D eigenvalue weighted by Crippen LogP contribution is -2.30. The van der Waals surface area contributed by atoms with Crippen LogP contribution in [0.4, 0.5) is 8.78 Å². The Bertz CT molecular complexity index is 591. The highest BCUT2D eigenvalue weighted by atomic mass is 19.1. The number of hydrogen-bond acceptors (Lipinski definition) is 2. The first-order valence-electron chi connectivity index (χ1n) is 6.49. The Morgan fingerprint density at radius 1 is 1.05 bits per heavy atom. The molecule has 0 aromatic heterocycles. The van der Waals surface area contributed by atoms with Crippen molar-refractivity contribution in [1.82, 2.24) is 5.43 Å². The van der Waals surface area contributed by atoms with Gasteiger partial charge in [-0.1, -0.05) is 24.3 Å². The van der Waals surface area contributed by atoms with Crippen LogP contribution < -0.4 is 11.3 Å². The summed E-state index contributed by atoms with van der Waals surface area (Å²) in [6.45, 7) is 3.98. The van der Waals surface area contributed by atoms with Crippen LogP contribution in [0.25, 0.3) is 0 Å². The molecule has 0 aliphatic rings. The van der Waals surface area contributed by atoms with E-state index in [0.29, 0.717) is 0 Å². The molecule has 2 nitrogen and oxygen atoms in total. The molecule has 0 saturated heterocycles. The van der Waals surface area contributed by atoms with Gasteiger partial charge in [-0.25, -0.2) is 8.78 Å². The van der Waals surface area contributed by atoms with Crippen molar-refractivity contribution in [1.29, 1.82) is 0 Å². The Balaban J connectivity index is 2.37. The minimum Gasteiger partial charge on any atom is -0.271 e. The molecular formula is C16H18F2N2. The van der Waals surface area contributed by atoms with E-state index in [0.717, 1.165) is 16.7 Å². The van der Waals surface area contributed by atoms with Crippen LogP contribution in [0.1, 0.15) is 28.3 Å². The molecule has 0 bridgehead atoms. The summed E-state index contributed by atoms with van der Waals surface area (Å²) in [5.41, 5.74) is 5.86. The molecular weight excluding hydrogens is 258 g/mol. The standard InChI is InChI=1S/C16H18F2N2/c1-10-5-3-6-12(11(10)2)16(20-19)9-13-14(17)7-4-8-15(13)18/h3-8,16,20H,9,19H2,1-2H3. The Hall–Kier alpha value is -1.78. The van der Waals surface area contributed by atoms with E-state index >= 15 is 0 Å². The van der Waals surface area contributed by atoms with Gasteiger partial charge in [-0.3, -0.25) is 11.3 Å². The number of hydrogen-bond donors (Lipinski definition) is 2. The molecule has 20 heavy (non-hydrogen) atoms. The van der Waals surface area contributed by atoms with Crippen LogP contribution in [0.2, 0.25) is 0 Å². The first-order chi connectivity index (χ1) is 9.54. The van der Waals surface area contributed by atoms with Crippen LogP contribution in [0.15, 0.2) is 36.4 Å². The van der Waals surface area contributed by atoms with Crippen molar-refractivity contribution in [3.63, 3.8) is 0 Å². The van der Waals surface area contributed by atoms with Gasteiger partial charge >= 0.3 is 0 Å². The highest BCUT2D eigenvalue weighted by Crippen LogP contribution is 2.25. The van der Waals surface area contributed by atoms with E-state index in [-0.39, 0.29) is 18.0 Å². The van der Waals surface area contributed by atoms with Gasteiger partial charge in [0.1, 0.15) is 11.6 Å². The number of aryl methyl sites for hydroxylation is 1. The molecule has 0 saturated carbocycles. The summed E-state index contributed by atoms with van der Waals surface area (Å²) in [6, 6.07) is 9.38. The van der Waals surface area contributed by atoms with E-state index in [9.17, 15) is 8.78 Å². The second-order valence-electron chi connectivity index (χ2n) is 4.91. The second kappa shape index (κ2) is 6.11. The Kier molecular flexibility index (Phi) is 4.47. The van der Waals surface area contributed by atoms with Crippen molar-refractivity contribution in [2.24, 2.45) is 5.84 Å². The quantitative estimate of drug-likeness (QED) is 0.664. The zero-order chi connectivity index (χ0) is 14.7. The van der Waals surface area contributed by atoms with Crippen molar-refractivity contribution in [2.45, 2.75) is 26.3 Å². The molecule has 106 valence electrons. The fourth-order valence-electron chi connectivity index (χ4n) is 2.34. The van der Waals surface area contributed by atoms with Gasteiger partial charge in [0.2, 0.25) is 0 Å². The second-order valence-corrected chi connectivity index (χ2v) is 4.91. The molecule has 0 aliphatic heterocycles. The average Bonchev–Trinajstić information content (AvgIpc) is 2.42. The number of hydrazine groups is 1. The molecule has 1 atom stereocenters. The van der Waals surface area contributed by atoms with E-state index in [2.05, 4.69) is 5.43 Å². The summed E-state index contributed by atoms with van der Waals surface area (Å²) < 4.78 is 27.5. The first-order valence-corrected chi connectivity index (χ1v) is 6.49. The van der Waals surface area contributed by atoms with Gasteiger partial charge in [0.05, 0.1) is 6.04 Å². The maximum absolute atomic E-state index is 13.7. The summed E-state index contributed by atoms with van der Waals surface area (Å²) in [5.74, 6) is 4.49. The van der Waals surface area contributed by atoms with Crippen molar-refractivity contribution in [3.8, 4) is 0 Å². The summed E-state index contributed by atoms with van der Waals surface area (Å²) in [4.78, 5) is 0. The lowest BCUT2D eigenvalue weighted by molar-refractivity contribution is 0.498. The van der Waals surface area contributed by atoms with Gasteiger partial charge < -0.3 is 0 Å². The van der Waals surface area contributed by atoms with Gasteiger partial charge in [-0.05, 0) is 49.1 Å². The highest BCUT2D eigenvalue weighted by molar-refractivity contribution is 5.36. The molecule has 0 spiro atoms. The maximum atomic E-state index is 13.7. The number of halogens is 2. The number of nitrogens with two attached hydrogens (primary N) is 1. The SMILES string of the molecule is Cc1cccc(C(Cc2c(F)cccc2F)NN)c1C.